The molecule has 4 heteroatoms. The van der Waals surface area contributed by atoms with Gasteiger partial charge in [-0.05, 0) is 35.7 Å². The number of para-hydroxylation sites is 1. The van der Waals surface area contributed by atoms with Gasteiger partial charge in [0.05, 0.1) is 11.4 Å². The number of hydrogen-bond acceptors (Lipinski definition) is 1. The molecule has 0 aliphatic heterocycles. The van der Waals surface area contributed by atoms with Gasteiger partial charge >= 0.3 is 0 Å². The molecule has 0 aromatic heterocycles. The lowest BCUT2D eigenvalue weighted by molar-refractivity contribution is -0.118. The van der Waals surface area contributed by atoms with Gasteiger partial charge in [-0.3, -0.25) is 4.79 Å². The molecule has 0 spiro atoms. The summed E-state index contributed by atoms with van der Waals surface area (Å²) in [5, 5.41) is 0. The quantitative estimate of drug-likeness (QED) is 0.499. The first kappa shape index (κ1) is 18.3. The Kier molecular flexibility index (Phi) is 6.18. The lowest BCUT2D eigenvalue weighted by atomic mass is 10.1. The van der Waals surface area contributed by atoms with Crippen molar-refractivity contribution in [2.45, 2.75) is 17.8 Å². The second-order valence-electron chi connectivity index (χ2n) is 6.01. The van der Waals surface area contributed by atoms with Crippen LogP contribution < -0.4 is 4.90 Å². The van der Waals surface area contributed by atoms with Crippen LogP contribution in [0.25, 0.3) is 0 Å². The minimum absolute atomic E-state index is 0.0942. The van der Waals surface area contributed by atoms with Crippen molar-refractivity contribution >= 4 is 27.5 Å². The average molecular weight is 412 g/mol. The fourth-order valence-corrected chi connectivity index (χ4v) is 3.38. The van der Waals surface area contributed by atoms with Crippen molar-refractivity contribution in [1.29, 1.82) is 0 Å². The fourth-order valence-electron chi connectivity index (χ4n) is 2.78. The highest BCUT2D eigenvalue weighted by atomic mass is 79.9. The van der Waals surface area contributed by atoms with E-state index in [9.17, 15) is 9.18 Å². The van der Waals surface area contributed by atoms with Gasteiger partial charge in [0, 0.05) is 5.69 Å². The third-order valence-corrected chi connectivity index (χ3v) is 4.86. The zero-order valence-electron chi connectivity index (χ0n) is 14.2. The van der Waals surface area contributed by atoms with E-state index in [1.807, 2.05) is 60.7 Å². The van der Waals surface area contributed by atoms with Crippen LogP contribution in [0, 0.1) is 5.82 Å². The SMILES string of the molecule is O=C(C(Br)Cc1ccccc1F)N(Cc1ccccc1)c1ccccc1. The molecule has 0 N–H and O–H groups in total. The summed E-state index contributed by atoms with van der Waals surface area (Å²) >= 11 is 3.47. The van der Waals surface area contributed by atoms with Gasteiger partial charge in [-0.25, -0.2) is 4.39 Å². The Bertz CT molecular complexity index is 854. The smallest absolute Gasteiger partial charge is 0.241 e. The first-order valence-corrected chi connectivity index (χ1v) is 9.34. The molecule has 3 aromatic carbocycles. The van der Waals surface area contributed by atoms with E-state index in [0.29, 0.717) is 18.5 Å². The standard InChI is InChI=1S/C22H19BrFNO/c23-20(15-18-11-7-8-14-21(18)24)22(26)25(19-12-5-2-6-13-19)16-17-9-3-1-4-10-17/h1-14,20H,15-16H2. The number of alkyl halides is 1. The first-order valence-electron chi connectivity index (χ1n) is 8.43. The van der Waals surface area contributed by atoms with Crippen molar-refractivity contribution in [3.05, 3.63) is 102 Å². The van der Waals surface area contributed by atoms with Crippen LogP contribution >= 0.6 is 15.9 Å². The highest BCUT2D eigenvalue weighted by molar-refractivity contribution is 9.10. The molecular formula is C22H19BrFNO. The van der Waals surface area contributed by atoms with E-state index in [4.69, 9.17) is 0 Å². The third-order valence-electron chi connectivity index (χ3n) is 4.14. The largest absolute Gasteiger partial charge is 0.307 e. The number of nitrogens with zero attached hydrogens (tertiary/aromatic N) is 1. The Hall–Kier alpha value is -2.46. The first-order chi connectivity index (χ1) is 12.6. The molecule has 0 radical (unpaired) electrons. The Labute approximate surface area is 161 Å². The Morgan fingerprint density at radius 2 is 1.46 bits per heavy atom. The van der Waals surface area contributed by atoms with Gasteiger partial charge in [0.2, 0.25) is 5.91 Å². The molecule has 0 aliphatic carbocycles. The average Bonchev–Trinajstić information content (AvgIpc) is 2.69. The molecule has 26 heavy (non-hydrogen) atoms. The normalized spacial score (nSPS) is 11.8. The van der Waals surface area contributed by atoms with E-state index in [1.54, 1.807) is 23.1 Å². The molecule has 1 unspecified atom stereocenters. The summed E-state index contributed by atoms with van der Waals surface area (Å²) in [4.78, 5) is 14.3. The zero-order valence-corrected chi connectivity index (χ0v) is 15.8. The van der Waals surface area contributed by atoms with Crippen molar-refractivity contribution in [3.63, 3.8) is 0 Å². The van der Waals surface area contributed by atoms with Crippen molar-refractivity contribution in [1.82, 2.24) is 0 Å². The van der Waals surface area contributed by atoms with Crippen LogP contribution in [0.4, 0.5) is 10.1 Å². The predicted molar refractivity (Wildman–Crippen MR) is 107 cm³/mol. The molecule has 0 saturated heterocycles. The fraction of sp³-hybridized carbons (Fsp3) is 0.136. The molecule has 3 rings (SSSR count). The van der Waals surface area contributed by atoms with Crippen molar-refractivity contribution < 1.29 is 9.18 Å². The molecule has 0 saturated carbocycles. The number of amides is 1. The molecule has 132 valence electrons. The van der Waals surface area contributed by atoms with Crippen molar-refractivity contribution in [2.75, 3.05) is 4.90 Å². The number of anilines is 1. The molecule has 0 aliphatic rings. The van der Waals surface area contributed by atoms with Gasteiger partial charge in [-0.1, -0.05) is 82.7 Å². The van der Waals surface area contributed by atoms with Crippen LogP contribution in [-0.4, -0.2) is 10.7 Å². The van der Waals surface area contributed by atoms with Crippen LogP contribution in [0.2, 0.25) is 0 Å². The molecule has 2 nitrogen and oxygen atoms in total. The minimum atomic E-state index is -0.511. The van der Waals surface area contributed by atoms with Crippen molar-refractivity contribution in [3.8, 4) is 0 Å². The topological polar surface area (TPSA) is 20.3 Å². The summed E-state index contributed by atoms with van der Waals surface area (Å²) in [6.45, 7) is 0.461. The van der Waals surface area contributed by atoms with Gasteiger partial charge in [0.1, 0.15) is 5.82 Å². The summed E-state index contributed by atoms with van der Waals surface area (Å²) in [5.74, 6) is -0.387. The van der Waals surface area contributed by atoms with Crippen LogP contribution in [0.15, 0.2) is 84.9 Å². The molecular weight excluding hydrogens is 393 g/mol. The maximum absolute atomic E-state index is 13.9. The predicted octanol–water partition coefficient (Wildman–Crippen LogP) is 5.37. The number of carbonyl (C=O) groups excluding carboxylic acids is 1. The number of halogens is 2. The van der Waals surface area contributed by atoms with E-state index in [-0.39, 0.29) is 11.7 Å². The lowest BCUT2D eigenvalue weighted by Crippen LogP contribution is -2.37. The van der Waals surface area contributed by atoms with Crippen LogP contribution in [0.1, 0.15) is 11.1 Å². The number of rotatable bonds is 6. The monoisotopic (exact) mass is 411 g/mol. The van der Waals surface area contributed by atoms with E-state index in [2.05, 4.69) is 15.9 Å². The summed E-state index contributed by atoms with van der Waals surface area (Å²) in [6.07, 6.45) is 0.295. The van der Waals surface area contributed by atoms with Gasteiger partial charge in [-0.15, -0.1) is 0 Å². The van der Waals surface area contributed by atoms with Gasteiger partial charge in [0.15, 0.2) is 0 Å². The van der Waals surface area contributed by atoms with Crippen LogP contribution in [-0.2, 0) is 17.8 Å². The number of carbonyl (C=O) groups is 1. The molecule has 3 aromatic rings. The maximum Gasteiger partial charge on any atom is 0.241 e. The molecule has 0 bridgehead atoms. The second-order valence-corrected chi connectivity index (χ2v) is 7.11. The molecule has 1 atom stereocenters. The minimum Gasteiger partial charge on any atom is -0.307 e. The highest BCUT2D eigenvalue weighted by Gasteiger charge is 2.24. The van der Waals surface area contributed by atoms with Gasteiger partial charge in [0.25, 0.3) is 0 Å². The third kappa shape index (κ3) is 4.58. The summed E-state index contributed by atoms with van der Waals surface area (Å²) in [5.41, 5.74) is 2.38. The molecule has 0 heterocycles. The molecule has 1 amide bonds. The number of benzene rings is 3. The van der Waals surface area contributed by atoms with Gasteiger partial charge < -0.3 is 4.90 Å². The maximum atomic E-state index is 13.9. The summed E-state index contributed by atoms with van der Waals surface area (Å²) < 4.78 is 13.9. The zero-order chi connectivity index (χ0) is 18.4. The Morgan fingerprint density at radius 1 is 0.885 bits per heavy atom. The van der Waals surface area contributed by atoms with Crippen LogP contribution in [0.3, 0.4) is 0 Å². The summed E-state index contributed by atoms with van der Waals surface area (Å²) in [7, 11) is 0. The lowest BCUT2D eigenvalue weighted by Gasteiger charge is -2.25. The van der Waals surface area contributed by atoms with E-state index < -0.39 is 4.83 Å². The van der Waals surface area contributed by atoms with E-state index in [1.165, 1.54) is 6.07 Å². The molecule has 0 fully saturated rings. The van der Waals surface area contributed by atoms with E-state index in [0.717, 1.165) is 11.3 Å². The van der Waals surface area contributed by atoms with Crippen molar-refractivity contribution in [2.24, 2.45) is 0 Å². The number of hydrogen-bond donors (Lipinski definition) is 0. The second kappa shape index (κ2) is 8.77. The van der Waals surface area contributed by atoms with Crippen LogP contribution in [0.5, 0.6) is 0 Å². The van der Waals surface area contributed by atoms with Gasteiger partial charge in [-0.2, -0.15) is 0 Å². The Morgan fingerprint density at radius 3 is 2.12 bits per heavy atom. The highest BCUT2D eigenvalue weighted by Crippen LogP contribution is 2.22. The Balaban J connectivity index is 1.83. The van der Waals surface area contributed by atoms with E-state index >= 15 is 0 Å². The summed E-state index contributed by atoms with van der Waals surface area (Å²) in [6, 6.07) is 25.9.